The van der Waals surface area contributed by atoms with Crippen LogP contribution in [0.3, 0.4) is 0 Å². The molecule has 6 aliphatic heterocycles. The molecule has 19 rings (SSSR count). The van der Waals surface area contributed by atoms with Crippen LogP contribution in [0.4, 0.5) is 31.8 Å². The summed E-state index contributed by atoms with van der Waals surface area (Å²) in [6.07, 6.45) is 7.16. The number of nitrogens with one attached hydrogen (secondary N) is 6. The number of hydrogen-bond donors (Lipinski definition) is 9. The number of aromatic nitrogens is 13. The second-order valence-corrected chi connectivity index (χ2v) is 27.9. The largest absolute Gasteiger partial charge is 0.478 e. The lowest BCUT2D eigenvalue weighted by molar-refractivity contribution is -0.190. The number of para-hydroxylation sites is 2. The zero-order valence-electron chi connectivity index (χ0n) is 64.4. The lowest BCUT2D eigenvalue weighted by Gasteiger charge is -2.22. The van der Waals surface area contributed by atoms with E-state index in [1.807, 2.05) is 103 Å². The molecule has 0 spiro atoms. The zero-order chi connectivity index (χ0) is 83.9. The van der Waals surface area contributed by atoms with E-state index in [9.17, 15) is 44.1 Å². The Labute approximate surface area is 690 Å². The summed E-state index contributed by atoms with van der Waals surface area (Å²) in [5.41, 5.74) is 4.79. The molecule has 0 bridgehead atoms. The standard InChI is InChI=1S/C28H25N7O7.C28H26N6O7.C26H24N6O7/c36-26(37)17-7-4-12-29-24(17)41-27-21-20(39-18(40-21)11-8-15-5-2-1-3-6-15)25(42-27)35-14-32-19-22(30-13-31-23(19)35)34-28(38)33-16-9-10-16;1-2-29-28(37)33-23-20-24(31-14-30-23)34(15-32-20)25-21-22(40-19(39-21)13-12-16-8-4-3-5-9-16)27(41-25)38-18-11-7-6-10-17(18)26(35)36;1-2-27-26(35)31-20-17-21(29-12-28-20)32(13-30-17)22-18-19(38-24(37-18)14-8-4-3-5-9-14)25(39-22)36-16-11-7-6-10-15(16)23(33)34/h1-8,11-14,16,18,20-21,25,27H,9-10H2,(H,36,37)(H2,30,31,33,34,38);3-15,19,21-22,25,27H,2H2,1H3,(H,35,36)(H2,29,30,31,33,37);3-13,18-19,22,24-25H,2H2,1H3,(H,33,34)(H2,27,28,29,31,35)/b11-8+;13-12+;/t18-,20?,21?,25?,27?;19-,21?,22?,25?,27?;18?,19?,22?,24-,25?/m111/s1. The first kappa shape index (κ1) is 80.1. The van der Waals surface area contributed by atoms with E-state index < -0.39 is 123 Å². The molecule has 6 saturated heterocycles. The second kappa shape index (κ2) is 35.7. The van der Waals surface area contributed by atoms with E-state index in [0.29, 0.717) is 46.6 Å². The van der Waals surface area contributed by atoms with Gasteiger partial charge in [-0.1, -0.05) is 127 Å². The van der Waals surface area contributed by atoms with Crippen molar-refractivity contribution in [2.45, 2.75) is 126 Å². The van der Waals surface area contributed by atoms with Crippen molar-refractivity contribution in [3.8, 4) is 17.4 Å². The van der Waals surface area contributed by atoms with Crippen LogP contribution in [-0.2, 0) is 42.6 Å². The Balaban J connectivity index is 0.000000130. The Hall–Kier alpha value is -14.4. The lowest BCUT2D eigenvalue weighted by Crippen LogP contribution is -2.33. The molecule has 12 aromatic rings. The molecule has 1 saturated carbocycles. The highest BCUT2D eigenvalue weighted by Gasteiger charge is 2.58. The fourth-order valence-corrected chi connectivity index (χ4v) is 14.2. The molecule has 122 heavy (non-hydrogen) atoms. The summed E-state index contributed by atoms with van der Waals surface area (Å²) in [6.45, 7) is 4.49. The number of ether oxygens (including phenoxy) is 12. The number of urea groups is 3. The molecule has 9 N–H and O–H groups in total. The molecule has 40 nitrogen and oxygen atoms in total. The number of hydrogen-bond acceptors (Lipinski definition) is 28. The van der Waals surface area contributed by atoms with Gasteiger partial charge < -0.3 is 88.1 Å². The van der Waals surface area contributed by atoms with Gasteiger partial charge in [-0.3, -0.25) is 29.7 Å². The van der Waals surface area contributed by atoms with Crippen LogP contribution in [0.1, 0.15) is 99.4 Å². The fourth-order valence-electron chi connectivity index (χ4n) is 14.2. The Morgan fingerprint density at radius 3 is 1.22 bits per heavy atom. The maximum Gasteiger partial charge on any atom is 0.341 e. The third kappa shape index (κ3) is 17.3. The number of carboxylic acid groups (broad SMARTS) is 3. The minimum atomic E-state index is -1.19. The summed E-state index contributed by atoms with van der Waals surface area (Å²) in [5, 5.41) is 45.1. The van der Waals surface area contributed by atoms with E-state index in [1.165, 1.54) is 68.4 Å². The molecule has 6 amide bonds. The number of aromatic carboxylic acids is 3. The van der Waals surface area contributed by atoms with Crippen molar-refractivity contribution >= 4 is 99.1 Å². The van der Waals surface area contributed by atoms with Gasteiger partial charge in [0, 0.05) is 30.9 Å². The maximum absolute atomic E-state index is 12.4. The lowest BCUT2D eigenvalue weighted by atomic mass is 10.2. The van der Waals surface area contributed by atoms with Gasteiger partial charge in [-0.2, -0.15) is 0 Å². The predicted octanol–water partition coefficient (Wildman–Crippen LogP) is 9.47. The van der Waals surface area contributed by atoms with Gasteiger partial charge in [0.05, 0.1) is 19.0 Å². The van der Waals surface area contributed by atoms with Crippen LogP contribution in [0, 0.1) is 0 Å². The Morgan fingerprint density at radius 1 is 0.410 bits per heavy atom. The fraction of sp³-hybridized carbons (Fsp3) is 0.268. The summed E-state index contributed by atoms with van der Waals surface area (Å²) < 4.78 is 79.3. The number of anilines is 3. The van der Waals surface area contributed by atoms with E-state index >= 15 is 0 Å². The minimum Gasteiger partial charge on any atom is -0.478 e. The average molecular weight is 1660 g/mol. The molecule has 7 fully saturated rings. The molecule has 40 heteroatoms. The van der Waals surface area contributed by atoms with Crippen molar-refractivity contribution in [3.05, 3.63) is 241 Å². The van der Waals surface area contributed by atoms with Gasteiger partial charge in [0.15, 0.2) is 107 Å². The van der Waals surface area contributed by atoms with Crippen LogP contribution >= 0.6 is 0 Å². The van der Waals surface area contributed by atoms with Gasteiger partial charge >= 0.3 is 36.0 Å². The number of carbonyl (C=O) groups excluding carboxylic acids is 3. The molecular weight excluding hydrogens is 1590 g/mol. The Kier molecular flexibility index (Phi) is 23.4. The van der Waals surface area contributed by atoms with E-state index in [-0.39, 0.29) is 63.6 Å². The number of pyridine rings is 1. The maximum atomic E-state index is 12.4. The smallest absolute Gasteiger partial charge is 0.341 e. The monoisotopic (exact) mass is 1660 g/mol. The summed E-state index contributed by atoms with van der Waals surface area (Å²) in [5.74, 6) is -2.62. The summed E-state index contributed by atoms with van der Waals surface area (Å²) >= 11 is 0. The van der Waals surface area contributed by atoms with E-state index in [2.05, 4.69) is 81.7 Å². The van der Waals surface area contributed by atoms with Crippen molar-refractivity contribution in [3.63, 3.8) is 0 Å². The highest BCUT2D eigenvalue weighted by molar-refractivity contribution is 5.98. The molecular formula is C82H75N19O21. The third-order valence-corrected chi connectivity index (χ3v) is 19.9. The van der Waals surface area contributed by atoms with Gasteiger partial charge in [-0.05, 0) is 86.4 Å². The van der Waals surface area contributed by atoms with E-state index in [4.69, 9.17) is 56.8 Å². The molecule has 12 unspecified atom stereocenters. The normalized spacial score (nSPS) is 24.1. The first-order valence-electron chi connectivity index (χ1n) is 38.5. The third-order valence-electron chi connectivity index (χ3n) is 19.9. The first-order chi connectivity index (χ1) is 59.6. The molecule has 0 radical (unpaired) electrons. The van der Waals surface area contributed by atoms with Gasteiger partial charge in [-0.15, -0.1) is 0 Å². The van der Waals surface area contributed by atoms with E-state index in [0.717, 1.165) is 29.5 Å². The number of fused-ring (bicyclic) bond motifs is 6. The number of benzene rings is 5. The second-order valence-electron chi connectivity index (χ2n) is 27.9. The summed E-state index contributed by atoms with van der Waals surface area (Å²) in [6, 6.07) is 43.2. The SMILES string of the molecule is CCNC(=O)Nc1ncnc2c1ncn2C1OC(Oc2ccccc2C(=O)O)C2O[C@H](/C=C/c3ccccc3)OC21.CCNC(=O)Nc1ncnc2c1ncn2C1OC(Oc2ccccc2C(=O)O)C2O[C@H](c3ccccc3)OC21.O=C(Nc1ncnc2c1ncn2C1OC(Oc2ncccc2C(=O)O)C2O[C@H](/C=C/c3ccccc3)OC21)NC1CC1. The number of imidazole rings is 3. The molecule has 5 aromatic carbocycles. The molecule has 7 aliphatic rings. The Bertz CT molecular complexity index is 5890. The van der Waals surface area contributed by atoms with Crippen LogP contribution in [0.2, 0.25) is 0 Å². The number of carbonyl (C=O) groups is 6. The molecule has 15 atom stereocenters. The van der Waals surface area contributed by atoms with Crippen LogP contribution in [0.5, 0.6) is 17.4 Å². The van der Waals surface area contributed by atoms with Crippen LogP contribution < -0.4 is 46.1 Å². The average Bonchev–Trinajstić information content (AvgIpc) is 1.60. The van der Waals surface area contributed by atoms with Crippen LogP contribution in [-0.4, -0.2) is 202 Å². The number of rotatable bonds is 23. The molecule has 13 heterocycles. The molecule has 624 valence electrons. The van der Waals surface area contributed by atoms with Crippen molar-refractivity contribution in [2.75, 3.05) is 29.0 Å². The highest BCUT2D eigenvalue weighted by Crippen LogP contribution is 2.48. The van der Waals surface area contributed by atoms with Crippen molar-refractivity contribution in [1.29, 1.82) is 0 Å². The highest BCUT2D eigenvalue weighted by atomic mass is 16.8. The molecule has 1 aliphatic carbocycles. The van der Waals surface area contributed by atoms with Crippen molar-refractivity contribution < 1.29 is 101 Å². The van der Waals surface area contributed by atoms with Crippen LogP contribution in [0.15, 0.2) is 208 Å². The summed E-state index contributed by atoms with van der Waals surface area (Å²) in [7, 11) is 0. The quantitative estimate of drug-likeness (QED) is 0.0288. The summed E-state index contributed by atoms with van der Waals surface area (Å²) in [4.78, 5) is 115. The number of nitrogens with zero attached hydrogens (tertiary/aromatic N) is 13. The number of carboxylic acids is 3. The zero-order valence-corrected chi connectivity index (χ0v) is 64.4. The van der Waals surface area contributed by atoms with Gasteiger partial charge in [-0.25, -0.2) is 78.6 Å². The van der Waals surface area contributed by atoms with Gasteiger partial charge in [0.25, 0.3) is 0 Å². The van der Waals surface area contributed by atoms with Crippen LogP contribution in [0.25, 0.3) is 45.6 Å². The van der Waals surface area contributed by atoms with Crippen molar-refractivity contribution in [2.24, 2.45) is 0 Å². The first-order valence-corrected chi connectivity index (χ1v) is 38.5. The predicted molar refractivity (Wildman–Crippen MR) is 425 cm³/mol. The van der Waals surface area contributed by atoms with Crippen molar-refractivity contribution in [1.82, 2.24) is 79.5 Å². The number of amides is 6. The molecule has 7 aromatic heterocycles. The minimum absolute atomic E-state index is 0.0125. The van der Waals surface area contributed by atoms with Gasteiger partial charge in [0.2, 0.25) is 24.8 Å². The van der Waals surface area contributed by atoms with Gasteiger partial charge in [0.1, 0.15) is 65.5 Å². The topological polar surface area (TPSA) is 490 Å². The Morgan fingerprint density at radius 2 is 0.787 bits per heavy atom. The van der Waals surface area contributed by atoms with E-state index in [1.54, 1.807) is 76.1 Å².